The van der Waals surface area contributed by atoms with Gasteiger partial charge in [-0.1, -0.05) is 65.9 Å². The SMILES string of the molecule is CCOC(=O)C1=C(c2ccccc2)N=c2s/c(=C\c3cc(I)c(OCc4ccc(C#N)cc4)c(I)c3)c(=O)n2[C@@H]1c1ccc(OCC)cc1. The molecule has 0 saturated heterocycles. The second kappa shape index (κ2) is 15.5. The van der Waals surface area contributed by atoms with Gasteiger partial charge in [0.2, 0.25) is 0 Å². The molecule has 49 heavy (non-hydrogen) atoms. The van der Waals surface area contributed by atoms with E-state index < -0.39 is 12.0 Å². The molecule has 1 atom stereocenters. The van der Waals surface area contributed by atoms with Crippen molar-refractivity contribution in [1.29, 1.82) is 5.26 Å². The molecule has 0 unspecified atom stereocenters. The summed E-state index contributed by atoms with van der Waals surface area (Å²) in [6, 6.07) is 29.5. The molecule has 0 N–H and O–H groups in total. The highest BCUT2D eigenvalue weighted by atomic mass is 127. The zero-order valence-electron chi connectivity index (χ0n) is 26.5. The highest BCUT2D eigenvalue weighted by Gasteiger charge is 2.35. The molecule has 0 fully saturated rings. The quantitative estimate of drug-likeness (QED) is 0.111. The Bertz CT molecular complexity index is 2250. The van der Waals surface area contributed by atoms with Gasteiger partial charge in [-0.25, -0.2) is 9.79 Å². The van der Waals surface area contributed by atoms with Gasteiger partial charge in [-0.3, -0.25) is 9.36 Å². The molecule has 0 radical (unpaired) electrons. The van der Waals surface area contributed by atoms with Crippen LogP contribution >= 0.6 is 56.5 Å². The maximum absolute atomic E-state index is 14.3. The number of carbonyl (C=O) groups excluding carboxylic acids is 1. The van der Waals surface area contributed by atoms with Crippen molar-refractivity contribution in [1.82, 2.24) is 4.57 Å². The molecule has 0 amide bonds. The van der Waals surface area contributed by atoms with Gasteiger partial charge >= 0.3 is 5.97 Å². The van der Waals surface area contributed by atoms with Crippen LogP contribution in [0.4, 0.5) is 0 Å². The van der Waals surface area contributed by atoms with Crippen LogP contribution in [-0.2, 0) is 16.1 Å². The summed E-state index contributed by atoms with van der Waals surface area (Å²) >= 11 is 5.76. The van der Waals surface area contributed by atoms with Crippen molar-refractivity contribution in [3.05, 3.63) is 151 Å². The molecule has 11 heteroatoms. The lowest BCUT2D eigenvalue weighted by Crippen LogP contribution is -2.40. The van der Waals surface area contributed by atoms with Crippen LogP contribution < -0.4 is 24.4 Å². The number of thiazole rings is 1. The Morgan fingerprint density at radius 2 is 1.65 bits per heavy atom. The molecule has 1 aromatic heterocycles. The average Bonchev–Trinajstić information content (AvgIpc) is 3.42. The molecule has 4 aromatic carbocycles. The summed E-state index contributed by atoms with van der Waals surface area (Å²) in [5.41, 5.74) is 4.37. The van der Waals surface area contributed by atoms with Crippen molar-refractivity contribution < 1.29 is 19.0 Å². The number of nitriles is 1. The summed E-state index contributed by atoms with van der Waals surface area (Å²) in [7, 11) is 0. The number of rotatable bonds is 10. The normalized spacial score (nSPS) is 14.1. The van der Waals surface area contributed by atoms with Crippen molar-refractivity contribution >= 4 is 74.3 Å². The third-order valence-electron chi connectivity index (χ3n) is 7.67. The number of hydrogen-bond donors (Lipinski definition) is 0. The molecule has 246 valence electrons. The Kier molecular flexibility index (Phi) is 11.0. The topological polar surface area (TPSA) is 103 Å². The third-order valence-corrected chi connectivity index (χ3v) is 10.3. The van der Waals surface area contributed by atoms with Crippen molar-refractivity contribution in [3.8, 4) is 17.6 Å². The molecule has 1 aliphatic rings. The zero-order valence-corrected chi connectivity index (χ0v) is 31.6. The molecule has 0 aliphatic carbocycles. The number of aromatic nitrogens is 1. The largest absolute Gasteiger partial charge is 0.494 e. The smallest absolute Gasteiger partial charge is 0.338 e. The first-order valence-corrected chi connectivity index (χ1v) is 18.4. The number of halogens is 2. The van der Waals surface area contributed by atoms with E-state index in [1.165, 1.54) is 11.3 Å². The minimum Gasteiger partial charge on any atom is -0.494 e. The molecular weight excluding hydrogens is 864 g/mol. The summed E-state index contributed by atoms with van der Waals surface area (Å²) in [6.45, 7) is 4.72. The van der Waals surface area contributed by atoms with Gasteiger partial charge in [0.1, 0.15) is 18.1 Å². The fourth-order valence-electron chi connectivity index (χ4n) is 5.45. The number of carbonyl (C=O) groups is 1. The first kappa shape index (κ1) is 34.6. The molecule has 8 nitrogen and oxygen atoms in total. The van der Waals surface area contributed by atoms with Gasteiger partial charge in [-0.15, -0.1) is 0 Å². The van der Waals surface area contributed by atoms with Crippen LogP contribution in [0.1, 0.15) is 47.7 Å². The first-order valence-electron chi connectivity index (χ1n) is 15.4. The van der Waals surface area contributed by atoms with E-state index in [2.05, 4.69) is 51.3 Å². The van der Waals surface area contributed by atoms with E-state index in [-0.39, 0.29) is 12.2 Å². The van der Waals surface area contributed by atoms with E-state index in [0.717, 1.165) is 35.1 Å². The van der Waals surface area contributed by atoms with Gasteiger partial charge < -0.3 is 14.2 Å². The van der Waals surface area contributed by atoms with Crippen LogP contribution in [0.25, 0.3) is 11.8 Å². The van der Waals surface area contributed by atoms with E-state index in [1.54, 1.807) is 23.6 Å². The van der Waals surface area contributed by atoms with Crippen LogP contribution in [0, 0.1) is 18.5 Å². The number of hydrogen-bond acceptors (Lipinski definition) is 8. The molecule has 2 heterocycles. The maximum atomic E-state index is 14.3. The summed E-state index contributed by atoms with van der Waals surface area (Å²) in [5.74, 6) is 0.905. The van der Waals surface area contributed by atoms with E-state index in [9.17, 15) is 9.59 Å². The minimum absolute atomic E-state index is 0.176. The number of ether oxygens (including phenoxy) is 3. The predicted octanol–water partition coefficient (Wildman–Crippen LogP) is 6.99. The Hall–Kier alpha value is -4.26. The van der Waals surface area contributed by atoms with Gasteiger partial charge in [0.05, 0.1) is 53.8 Å². The second-order valence-electron chi connectivity index (χ2n) is 10.8. The van der Waals surface area contributed by atoms with E-state index in [0.29, 0.717) is 45.1 Å². The molecule has 0 saturated carbocycles. The van der Waals surface area contributed by atoms with Crippen LogP contribution in [0.2, 0.25) is 0 Å². The lowest BCUT2D eigenvalue weighted by atomic mass is 9.93. The predicted molar refractivity (Wildman–Crippen MR) is 206 cm³/mol. The molecule has 0 spiro atoms. The molecule has 1 aliphatic heterocycles. The summed E-state index contributed by atoms with van der Waals surface area (Å²) in [6.07, 6.45) is 1.85. The second-order valence-corrected chi connectivity index (χ2v) is 14.2. The summed E-state index contributed by atoms with van der Waals surface area (Å²) < 4.78 is 21.3. The van der Waals surface area contributed by atoms with Crippen LogP contribution in [0.5, 0.6) is 11.5 Å². The van der Waals surface area contributed by atoms with Crippen molar-refractivity contribution in [3.63, 3.8) is 0 Å². The average molecular weight is 894 g/mol. The Balaban J connectivity index is 1.45. The Morgan fingerprint density at radius 1 is 0.959 bits per heavy atom. The standard InChI is InChI=1S/C38H29I2N3O5S/c1-3-46-28-16-14-27(15-17-28)34-32(37(45)47-4-2)33(26-8-6-5-7-9-26)42-38-43(34)36(44)31(49-38)20-25-18-29(39)35(30(40)19-25)48-22-24-12-10-23(21-41)11-13-24/h5-20,34H,3-4,22H2,1-2H3/b31-20-/t34-/m1/s1. The lowest BCUT2D eigenvalue weighted by molar-refractivity contribution is -0.138. The van der Waals surface area contributed by atoms with Gasteiger partial charge in [-0.05, 0) is 118 Å². The Morgan fingerprint density at radius 3 is 2.29 bits per heavy atom. The highest BCUT2D eigenvalue weighted by molar-refractivity contribution is 14.1. The van der Waals surface area contributed by atoms with Gasteiger partial charge in [0.25, 0.3) is 5.56 Å². The molecule has 6 rings (SSSR count). The monoisotopic (exact) mass is 893 g/mol. The number of esters is 1. The maximum Gasteiger partial charge on any atom is 0.338 e. The summed E-state index contributed by atoms with van der Waals surface area (Å²) in [5, 5.41) is 9.07. The van der Waals surface area contributed by atoms with Crippen LogP contribution in [-0.4, -0.2) is 23.8 Å². The highest BCUT2D eigenvalue weighted by Crippen LogP contribution is 2.36. The number of fused-ring (bicyclic) bond motifs is 1. The summed E-state index contributed by atoms with van der Waals surface area (Å²) in [4.78, 5) is 33.5. The fourth-order valence-corrected chi connectivity index (χ4v) is 8.58. The van der Waals surface area contributed by atoms with Crippen molar-refractivity contribution in [2.45, 2.75) is 26.5 Å². The van der Waals surface area contributed by atoms with E-state index in [4.69, 9.17) is 24.5 Å². The fraction of sp³-hybridized carbons (Fsp3) is 0.158. The first-order chi connectivity index (χ1) is 23.8. The van der Waals surface area contributed by atoms with E-state index in [1.807, 2.05) is 91.9 Å². The molecular formula is C38H29I2N3O5S. The molecule has 0 bridgehead atoms. The molecule has 5 aromatic rings. The number of benzene rings is 4. The van der Waals surface area contributed by atoms with Crippen LogP contribution in [0.3, 0.4) is 0 Å². The van der Waals surface area contributed by atoms with Crippen molar-refractivity contribution in [2.24, 2.45) is 4.99 Å². The number of nitrogens with zero attached hydrogens (tertiary/aromatic N) is 3. The van der Waals surface area contributed by atoms with E-state index >= 15 is 0 Å². The van der Waals surface area contributed by atoms with Gasteiger partial charge in [0, 0.05) is 5.56 Å². The van der Waals surface area contributed by atoms with Gasteiger partial charge in [-0.2, -0.15) is 5.26 Å². The van der Waals surface area contributed by atoms with Gasteiger partial charge in [0.15, 0.2) is 4.80 Å². The minimum atomic E-state index is -0.776. The third kappa shape index (κ3) is 7.51. The zero-order chi connectivity index (χ0) is 34.5. The van der Waals surface area contributed by atoms with Crippen LogP contribution in [0.15, 0.2) is 106 Å². The lowest BCUT2D eigenvalue weighted by Gasteiger charge is -2.26. The van der Waals surface area contributed by atoms with Crippen molar-refractivity contribution in [2.75, 3.05) is 13.2 Å². The Labute approximate surface area is 314 Å².